The molecule has 0 fully saturated rings. The van der Waals surface area contributed by atoms with Crippen molar-refractivity contribution in [2.45, 2.75) is 17.9 Å². The van der Waals surface area contributed by atoms with Crippen LogP contribution < -0.4 is 0 Å². The lowest BCUT2D eigenvalue weighted by atomic mass is 10.4. The molecule has 1 unspecified atom stereocenters. The van der Waals surface area contributed by atoms with Gasteiger partial charge in [-0.05, 0) is 19.1 Å². The number of benzene rings is 1. The molecule has 1 aromatic carbocycles. The van der Waals surface area contributed by atoms with E-state index >= 15 is 0 Å². The molecule has 0 bridgehead atoms. The number of hydrogen-bond donors (Lipinski definition) is 1. The van der Waals surface area contributed by atoms with Crippen molar-refractivity contribution in [3.8, 4) is 0 Å². The van der Waals surface area contributed by atoms with Crippen molar-refractivity contribution in [3.63, 3.8) is 0 Å². The predicted molar refractivity (Wildman–Crippen MR) is 68.0 cm³/mol. The zero-order valence-electron chi connectivity index (χ0n) is 9.39. The van der Waals surface area contributed by atoms with E-state index in [1.165, 1.54) is 25.2 Å². The molecule has 0 heterocycles. The molecule has 1 aromatic rings. The standard InChI is InChI=1S/C10H13Cl2NO3S/c1-7(6-14)13(2)17(15,16)9-5-3-4-8(11)10(9)12/h3-5,7,14H,6H2,1-2H3. The van der Waals surface area contributed by atoms with Crippen LogP contribution in [0.5, 0.6) is 0 Å². The molecule has 0 spiro atoms. The van der Waals surface area contributed by atoms with E-state index in [2.05, 4.69) is 0 Å². The highest BCUT2D eigenvalue weighted by molar-refractivity contribution is 7.89. The Morgan fingerprint density at radius 1 is 1.41 bits per heavy atom. The van der Waals surface area contributed by atoms with Gasteiger partial charge in [0.1, 0.15) is 4.90 Å². The number of nitrogens with zero attached hydrogens (tertiary/aromatic N) is 1. The van der Waals surface area contributed by atoms with Crippen LogP contribution in [0.2, 0.25) is 10.0 Å². The van der Waals surface area contributed by atoms with Gasteiger partial charge in [-0.25, -0.2) is 8.42 Å². The summed E-state index contributed by atoms with van der Waals surface area (Å²) in [6.45, 7) is 1.32. The summed E-state index contributed by atoms with van der Waals surface area (Å²) in [5.41, 5.74) is 0. The van der Waals surface area contributed by atoms with Gasteiger partial charge < -0.3 is 5.11 Å². The van der Waals surface area contributed by atoms with E-state index in [-0.39, 0.29) is 21.5 Å². The number of likely N-dealkylation sites (N-methyl/N-ethyl adjacent to an activating group) is 1. The molecular formula is C10H13Cl2NO3S. The first-order valence-electron chi connectivity index (χ1n) is 4.85. The smallest absolute Gasteiger partial charge is 0.244 e. The van der Waals surface area contributed by atoms with E-state index in [1.807, 2.05) is 0 Å². The second-order valence-electron chi connectivity index (χ2n) is 3.60. The Kier molecular flexibility index (Phi) is 4.80. The maximum atomic E-state index is 12.2. The van der Waals surface area contributed by atoms with Gasteiger partial charge in [0.25, 0.3) is 0 Å². The molecule has 1 rings (SSSR count). The van der Waals surface area contributed by atoms with Crippen LogP contribution in [0.15, 0.2) is 23.1 Å². The van der Waals surface area contributed by atoms with Crippen LogP contribution in [-0.2, 0) is 10.0 Å². The topological polar surface area (TPSA) is 57.6 Å². The second kappa shape index (κ2) is 5.54. The van der Waals surface area contributed by atoms with Crippen molar-refractivity contribution in [3.05, 3.63) is 28.2 Å². The number of halogens is 2. The van der Waals surface area contributed by atoms with E-state index in [0.717, 1.165) is 4.31 Å². The third kappa shape index (κ3) is 2.92. The van der Waals surface area contributed by atoms with Gasteiger partial charge in [0.15, 0.2) is 0 Å². The summed E-state index contributed by atoms with van der Waals surface area (Å²) >= 11 is 11.6. The van der Waals surface area contributed by atoms with E-state index in [0.29, 0.717) is 0 Å². The highest BCUT2D eigenvalue weighted by atomic mass is 35.5. The maximum Gasteiger partial charge on any atom is 0.244 e. The third-order valence-electron chi connectivity index (χ3n) is 2.46. The largest absolute Gasteiger partial charge is 0.395 e. The van der Waals surface area contributed by atoms with Crippen LogP contribution in [0.4, 0.5) is 0 Å². The van der Waals surface area contributed by atoms with Crippen LogP contribution in [0.1, 0.15) is 6.92 Å². The number of hydrogen-bond acceptors (Lipinski definition) is 3. The summed E-state index contributed by atoms with van der Waals surface area (Å²) in [7, 11) is -2.36. The number of rotatable bonds is 4. The SMILES string of the molecule is CC(CO)N(C)S(=O)(=O)c1cccc(Cl)c1Cl. The van der Waals surface area contributed by atoms with Crippen molar-refractivity contribution in [1.82, 2.24) is 4.31 Å². The minimum Gasteiger partial charge on any atom is -0.395 e. The van der Waals surface area contributed by atoms with Gasteiger partial charge >= 0.3 is 0 Å². The van der Waals surface area contributed by atoms with E-state index < -0.39 is 16.1 Å². The summed E-state index contributed by atoms with van der Waals surface area (Å²) in [6.07, 6.45) is 0. The minimum atomic E-state index is -3.75. The number of aliphatic hydroxyl groups is 1. The highest BCUT2D eigenvalue weighted by Gasteiger charge is 2.27. The Labute approximate surface area is 111 Å². The third-order valence-corrected chi connectivity index (χ3v) is 5.40. The molecule has 4 nitrogen and oxygen atoms in total. The monoisotopic (exact) mass is 297 g/mol. The lowest BCUT2D eigenvalue weighted by Gasteiger charge is -2.23. The minimum absolute atomic E-state index is 0.00819. The van der Waals surface area contributed by atoms with E-state index in [9.17, 15) is 8.42 Å². The van der Waals surface area contributed by atoms with Crippen LogP contribution >= 0.6 is 23.2 Å². The summed E-state index contributed by atoms with van der Waals surface area (Å²) in [5.74, 6) is 0. The number of sulfonamides is 1. The normalized spacial score (nSPS) is 14.0. The van der Waals surface area contributed by atoms with Gasteiger partial charge in [-0.2, -0.15) is 4.31 Å². The fourth-order valence-corrected chi connectivity index (χ4v) is 3.28. The maximum absolute atomic E-state index is 12.2. The van der Waals surface area contributed by atoms with Crippen LogP contribution in [0.25, 0.3) is 0 Å². The lowest BCUT2D eigenvalue weighted by Crippen LogP contribution is -2.37. The molecule has 7 heteroatoms. The molecule has 17 heavy (non-hydrogen) atoms. The van der Waals surface area contributed by atoms with E-state index in [4.69, 9.17) is 28.3 Å². The molecule has 1 atom stereocenters. The Hall–Kier alpha value is -0.330. The lowest BCUT2D eigenvalue weighted by molar-refractivity contribution is 0.214. The Morgan fingerprint density at radius 3 is 2.53 bits per heavy atom. The summed E-state index contributed by atoms with van der Waals surface area (Å²) in [4.78, 5) is -0.0607. The second-order valence-corrected chi connectivity index (χ2v) is 6.36. The molecule has 0 saturated carbocycles. The molecule has 0 aliphatic carbocycles. The molecule has 0 aliphatic rings. The van der Waals surface area contributed by atoms with Crippen LogP contribution in [-0.4, -0.2) is 37.5 Å². The average Bonchev–Trinajstić information content (AvgIpc) is 2.30. The van der Waals surface area contributed by atoms with Crippen molar-refractivity contribution in [2.75, 3.05) is 13.7 Å². The molecule has 0 aromatic heterocycles. The van der Waals surface area contributed by atoms with Crippen molar-refractivity contribution < 1.29 is 13.5 Å². The van der Waals surface area contributed by atoms with Crippen molar-refractivity contribution in [2.24, 2.45) is 0 Å². The Bertz CT molecular complexity index is 504. The first-order valence-corrected chi connectivity index (χ1v) is 7.05. The zero-order chi connectivity index (χ0) is 13.2. The van der Waals surface area contributed by atoms with Crippen LogP contribution in [0, 0.1) is 0 Å². The van der Waals surface area contributed by atoms with Gasteiger partial charge in [-0.3, -0.25) is 0 Å². The average molecular weight is 298 g/mol. The van der Waals surface area contributed by atoms with Gasteiger partial charge in [0.05, 0.1) is 16.7 Å². The fourth-order valence-electron chi connectivity index (χ4n) is 1.19. The van der Waals surface area contributed by atoms with Crippen LogP contribution in [0.3, 0.4) is 0 Å². The van der Waals surface area contributed by atoms with E-state index in [1.54, 1.807) is 6.92 Å². The summed E-state index contributed by atoms with van der Waals surface area (Å²) in [5, 5.41) is 9.14. The number of aliphatic hydroxyl groups excluding tert-OH is 1. The molecule has 0 aliphatic heterocycles. The fraction of sp³-hybridized carbons (Fsp3) is 0.400. The first kappa shape index (κ1) is 14.7. The van der Waals surface area contributed by atoms with Gasteiger partial charge in [0, 0.05) is 13.1 Å². The van der Waals surface area contributed by atoms with Crippen molar-refractivity contribution in [1.29, 1.82) is 0 Å². The summed E-state index contributed by atoms with van der Waals surface area (Å²) in [6, 6.07) is 3.87. The molecule has 0 radical (unpaired) electrons. The highest BCUT2D eigenvalue weighted by Crippen LogP contribution is 2.30. The molecule has 0 saturated heterocycles. The quantitative estimate of drug-likeness (QED) is 0.925. The van der Waals surface area contributed by atoms with Gasteiger partial charge in [-0.15, -0.1) is 0 Å². The summed E-state index contributed by atoms with van der Waals surface area (Å²) < 4.78 is 25.4. The zero-order valence-corrected chi connectivity index (χ0v) is 11.7. The molecule has 1 N–H and O–H groups in total. The van der Waals surface area contributed by atoms with Gasteiger partial charge in [0.2, 0.25) is 10.0 Å². The first-order chi connectivity index (χ1) is 7.82. The molecule has 0 amide bonds. The van der Waals surface area contributed by atoms with Gasteiger partial charge in [-0.1, -0.05) is 29.3 Å². The molecule has 96 valence electrons. The predicted octanol–water partition coefficient (Wildman–Crippen LogP) is 1.99. The Morgan fingerprint density at radius 2 is 2.00 bits per heavy atom. The van der Waals surface area contributed by atoms with Crippen molar-refractivity contribution >= 4 is 33.2 Å². The Balaban J connectivity index is 3.27. The molecular weight excluding hydrogens is 285 g/mol.